The molecule has 24 heavy (non-hydrogen) atoms. The minimum atomic E-state index is -1.01. The van der Waals surface area contributed by atoms with Crippen LogP contribution in [0.5, 0.6) is 0 Å². The Bertz CT molecular complexity index is 585. The molecule has 1 aromatic carbocycles. The Morgan fingerprint density at radius 1 is 1.17 bits per heavy atom. The van der Waals surface area contributed by atoms with E-state index in [1.165, 1.54) is 19.3 Å². The summed E-state index contributed by atoms with van der Waals surface area (Å²) in [4.78, 5) is 0. The molecule has 0 aromatic heterocycles. The number of rotatable bonds is 5. The van der Waals surface area contributed by atoms with Crippen LogP contribution in [0.3, 0.4) is 0 Å². The molecule has 1 aliphatic heterocycles. The van der Waals surface area contributed by atoms with E-state index in [2.05, 4.69) is 18.8 Å². The Morgan fingerprint density at radius 3 is 2.75 bits per heavy atom. The molecule has 0 spiro atoms. The third-order valence-electron chi connectivity index (χ3n) is 5.61. The van der Waals surface area contributed by atoms with Gasteiger partial charge in [0.25, 0.3) is 0 Å². The van der Waals surface area contributed by atoms with Crippen LogP contribution in [-0.2, 0) is 4.74 Å². The zero-order valence-electron chi connectivity index (χ0n) is 14.9. The molecule has 2 fully saturated rings. The van der Waals surface area contributed by atoms with E-state index >= 15 is 0 Å². The summed E-state index contributed by atoms with van der Waals surface area (Å²) in [5.74, 6) is 6.47. The van der Waals surface area contributed by atoms with Gasteiger partial charge in [-0.1, -0.05) is 75.5 Å². The van der Waals surface area contributed by atoms with Gasteiger partial charge in [0.2, 0.25) is 0 Å². The van der Waals surface area contributed by atoms with Gasteiger partial charge >= 0.3 is 0 Å². The van der Waals surface area contributed by atoms with Crippen LogP contribution in [0, 0.1) is 11.8 Å². The normalized spacial score (nSPS) is 28.5. The summed E-state index contributed by atoms with van der Waals surface area (Å²) in [6.07, 6.45) is 11.1. The minimum Gasteiger partial charge on any atom is -0.374 e. The average molecular weight is 326 g/mol. The van der Waals surface area contributed by atoms with E-state index in [9.17, 15) is 5.11 Å². The lowest BCUT2D eigenvalue weighted by atomic mass is 9.75. The molecule has 0 bridgehead atoms. The van der Waals surface area contributed by atoms with Crippen LogP contribution in [0.1, 0.15) is 76.7 Å². The molecule has 3 atom stereocenters. The minimum absolute atomic E-state index is 0.203. The highest BCUT2D eigenvalue weighted by Crippen LogP contribution is 2.54. The van der Waals surface area contributed by atoms with Gasteiger partial charge in [-0.05, 0) is 37.8 Å². The molecular weight excluding hydrogens is 296 g/mol. The Morgan fingerprint density at radius 2 is 1.96 bits per heavy atom. The van der Waals surface area contributed by atoms with Crippen LogP contribution in [0.15, 0.2) is 30.3 Å². The Hall–Kier alpha value is -1.30. The summed E-state index contributed by atoms with van der Waals surface area (Å²) in [5.41, 5.74) is -0.464. The van der Waals surface area contributed by atoms with Crippen molar-refractivity contribution >= 4 is 0 Å². The lowest BCUT2D eigenvalue weighted by Gasteiger charge is -2.31. The summed E-state index contributed by atoms with van der Waals surface area (Å²) < 4.78 is 6.16. The van der Waals surface area contributed by atoms with E-state index in [4.69, 9.17) is 4.74 Å². The van der Waals surface area contributed by atoms with Crippen LogP contribution < -0.4 is 0 Å². The number of hydrogen-bond donors (Lipinski definition) is 1. The van der Waals surface area contributed by atoms with Crippen molar-refractivity contribution in [2.45, 2.75) is 88.4 Å². The lowest BCUT2D eigenvalue weighted by Crippen LogP contribution is -2.46. The highest BCUT2D eigenvalue weighted by atomic mass is 16.6. The first-order chi connectivity index (χ1) is 11.7. The Kier molecular flexibility index (Phi) is 5.64. The van der Waals surface area contributed by atoms with Crippen molar-refractivity contribution in [3.05, 3.63) is 35.9 Å². The zero-order chi connectivity index (χ0) is 16.9. The Balaban J connectivity index is 1.83. The van der Waals surface area contributed by atoms with Gasteiger partial charge in [-0.2, -0.15) is 0 Å². The van der Waals surface area contributed by atoms with Gasteiger partial charge in [0.15, 0.2) is 5.60 Å². The van der Waals surface area contributed by atoms with Gasteiger partial charge in [-0.15, -0.1) is 0 Å². The molecular formula is C22H30O2. The highest BCUT2D eigenvalue weighted by Gasteiger charge is 2.67. The van der Waals surface area contributed by atoms with Crippen LogP contribution in [-0.4, -0.2) is 22.4 Å². The molecule has 1 aromatic rings. The van der Waals surface area contributed by atoms with Crippen molar-refractivity contribution < 1.29 is 9.84 Å². The van der Waals surface area contributed by atoms with Crippen LogP contribution in [0.25, 0.3) is 0 Å². The second-order valence-corrected chi connectivity index (χ2v) is 7.38. The van der Waals surface area contributed by atoms with Crippen molar-refractivity contribution in [2.24, 2.45) is 0 Å². The number of epoxide rings is 1. The van der Waals surface area contributed by atoms with Crippen molar-refractivity contribution in [3.63, 3.8) is 0 Å². The summed E-state index contributed by atoms with van der Waals surface area (Å²) in [5, 5.41) is 11.5. The summed E-state index contributed by atoms with van der Waals surface area (Å²) >= 11 is 0. The lowest BCUT2D eigenvalue weighted by molar-refractivity contribution is -0.00193. The molecule has 1 saturated heterocycles. The topological polar surface area (TPSA) is 32.8 Å². The number of hydrogen-bond acceptors (Lipinski definition) is 2. The third-order valence-corrected chi connectivity index (χ3v) is 5.61. The molecule has 1 saturated carbocycles. The van der Waals surface area contributed by atoms with Crippen molar-refractivity contribution in [1.82, 2.24) is 0 Å². The largest absolute Gasteiger partial charge is 0.374 e. The van der Waals surface area contributed by atoms with Crippen LogP contribution >= 0.6 is 0 Å². The van der Waals surface area contributed by atoms with Gasteiger partial charge in [0, 0.05) is 5.56 Å². The quantitative estimate of drug-likeness (QED) is 0.477. The first-order valence-electron chi connectivity index (χ1n) is 9.69. The van der Waals surface area contributed by atoms with Gasteiger partial charge in [-0.25, -0.2) is 0 Å². The van der Waals surface area contributed by atoms with Gasteiger partial charge in [0.1, 0.15) is 5.60 Å². The summed E-state index contributed by atoms with van der Waals surface area (Å²) in [6, 6.07) is 9.97. The maximum Gasteiger partial charge on any atom is 0.157 e. The maximum atomic E-state index is 11.5. The second kappa shape index (κ2) is 7.72. The molecule has 3 rings (SSSR count). The summed E-state index contributed by atoms with van der Waals surface area (Å²) in [6.45, 7) is 2.19. The van der Waals surface area contributed by atoms with E-state index < -0.39 is 11.2 Å². The van der Waals surface area contributed by atoms with Gasteiger partial charge < -0.3 is 9.84 Å². The first-order valence-corrected chi connectivity index (χ1v) is 9.69. The van der Waals surface area contributed by atoms with Gasteiger partial charge in [0.05, 0.1) is 6.10 Å². The van der Waals surface area contributed by atoms with E-state index in [1.807, 2.05) is 30.3 Å². The number of aliphatic hydroxyl groups is 1. The third kappa shape index (κ3) is 3.68. The fourth-order valence-electron chi connectivity index (χ4n) is 4.08. The number of ether oxygens (including phenoxy) is 1. The van der Waals surface area contributed by atoms with E-state index in [-0.39, 0.29) is 6.10 Å². The molecule has 1 heterocycles. The standard InChI is InChI=1S/C22H30O2/c1-2-3-10-16-21(23,18-15-19-12-7-6-8-13-19)22-17-11-5-4-9-14-20(22)24-22/h6-8,12-13,20,23H,2-5,9-11,14,16-17H2,1H3. The number of fused-ring (bicyclic) bond motifs is 1. The molecule has 0 radical (unpaired) electrons. The molecule has 0 amide bonds. The van der Waals surface area contributed by atoms with E-state index in [1.54, 1.807) is 0 Å². The van der Waals surface area contributed by atoms with Gasteiger partial charge in [-0.3, -0.25) is 0 Å². The summed E-state index contributed by atoms with van der Waals surface area (Å²) in [7, 11) is 0. The fourth-order valence-corrected chi connectivity index (χ4v) is 4.08. The molecule has 1 aliphatic carbocycles. The van der Waals surface area contributed by atoms with Crippen LogP contribution in [0.2, 0.25) is 0 Å². The Labute approximate surface area is 146 Å². The maximum absolute atomic E-state index is 11.5. The first kappa shape index (κ1) is 17.5. The predicted octanol–water partition coefficient (Wildman–Crippen LogP) is 4.84. The molecule has 3 unspecified atom stereocenters. The second-order valence-electron chi connectivity index (χ2n) is 7.38. The van der Waals surface area contributed by atoms with E-state index in [0.717, 1.165) is 50.5 Å². The smallest absolute Gasteiger partial charge is 0.157 e. The SMILES string of the molecule is CCCCCC(O)(C#Cc1ccccc1)C12CCCCCCC1O2. The van der Waals surface area contributed by atoms with Crippen molar-refractivity contribution in [3.8, 4) is 11.8 Å². The average Bonchev–Trinajstić information content (AvgIpc) is 3.28. The van der Waals surface area contributed by atoms with E-state index in [0.29, 0.717) is 0 Å². The predicted molar refractivity (Wildman–Crippen MR) is 97.7 cm³/mol. The monoisotopic (exact) mass is 326 g/mol. The highest BCUT2D eigenvalue weighted by molar-refractivity contribution is 5.39. The number of benzene rings is 1. The zero-order valence-corrected chi connectivity index (χ0v) is 14.9. The molecule has 2 nitrogen and oxygen atoms in total. The molecule has 2 aliphatic rings. The number of unbranched alkanes of at least 4 members (excludes halogenated alkanes) is 2. The molecule has 1 N–H and O–H groups in total. The van der Waals surface area contributed by atoms with Crippen molar-refractivity contribution in [1.29, 1.82) is 0 Å². The molecule has 2 heteroatoms. The van der Waals surface area contributed by atoms with Crippen molar-refractivity contribution in [2.75, 3.05) is 0 Å². The molecule has 130 valence electrons. The fraction of sp³-hybridized carbons (Fsp3) is 0.636. The van der Waals surface area contributed by atoms with Crippen LogP contribution in [0.4, 0.5) is 0 Å².